The minimum absolute atomic E-state index is 0.924. The van der Waals surface area contributed by atoms with Crippen molar-refractivity contribution in [3.8, 4) is 0 Å². The maximum Gasteiger partial charge on any atom is 0.108 e. The van der Waals surface area contributed by atoms with Gasteiger partial charge in [0, 0.05) is 43.5 Å². The molecule has 0 fully saturated rings. The summed E-state index contributed by atoms with van der Waals surface area (Å²) < 4.78 is 2.22. The van der Waals surface area contributed by atoms with E-state index in [2.05, 4.69) is 39.6 Å². The van der Waals surface area contributed by atoms with E-state index < -0.39 is 0 Å². The number of aromatic nitrogens is 3. The number of thiazole rings is 1. The Bertz CT molecular complexity index is 435. The summed E-state index contributed by atoms with van der Waals surface area (Å²) in [5.74, 6) is 1.16. The first-order chi connectivity index (χ1) is 8.29. The molecule has 0 saturated heterocycles. The van der Waals surface area contributed by atoms with Crippen molar-refractivity contribution in [2.45, 2.75) is 26.4 Å². The molecule has 0 spiro atoms. The second-order valence-electron chi connectivity index (χ2n) is 4.05. The zero-order valence-electron chi connectivity index (χ0n) is 10.3. The third-order valence-corrected chi connectivity index (χ3v) is 3.49. The van der Waals surface area contributed by atoms with E-state index >= 15 is 0 Å². The highest BCUT2D eigenvalue weighted by molar-refractivity contribution is 7.09. The minimum atomic E-state index is 0.924. The summed E-state index contributed by atoms with van der Waals surface area (Å²) in [6.45, 7) is 5.07. The van der Waals surface area contributed by atoms with E-state index in [1.54, 1.807) is 11.3 Å². The fourth-order valence-electron chi connectivity index (χ4n) is 1.78. The van der Waals surface area contributed by atoms with E-state index in [0.29, 0.717) is 0 Å². The first-order valence-corrected chi connectivity index (χ1v) is 6.74. The SMILES string of the molecule is CCc1nccn1CCN(C)Cc1nccs1. The summed E-state index contributed by atoms with van der Waals surface area (Å²) in [4.78, 5) is 10.9. The molecule has 0 unspecified atom stereocenters. The molecule has 2 rings (SSSR count). The molecule has 0 bridgehead atoms. The van der Waals surface area contributed by atoms with Gasteiger partial charge in [0.05, 0.1) is 6.54 Å². The number of hydrogen-bond acceptors (Lipinski definition) is 4. The molecule has 2 heterocycles. The standard InChI is InChI=1S/C12H18N4S/c1-3-11-13-4-6-16(11)8-7-15(2)10-12-14-5-9-17-12/h4-6,9H,3,7-8,10H2,1-2H3. The Labute approximate surface area is 106 Å². The fraction of sp³-hybridized carbons (Fsp3) is 0.500. The van der Waals surface area contributed by atoms with Gasteiger partial charge in [-0.15, -0.1) is 11.3 Å². The highest BCUT2D eigenvalue weighted by atomic mass is 32.1. The van der Waals surface area contributed by atoms with Gasteiger partial charge in [-0.3, -0.25) is 4.90 Å². The topological polar surface area (TPSA) is 34.0 Å². The van der Waals surface area contributed by atoms with Crippen molar-refractivity contribution in [3.63, 3.8) is 0 Å². The first-order valence-electron chi connectivity index (χ1n) is 5.86. The Kier molecular flexibility index (Phi) is 4.28. The van der Waals surface area contributed by atoms with E-state index in [1.165, 1.54) is 5.01 Å². The van der Waals surface area contributed by atoms with Gasteiger partial charge in [-0.2, -0.15) is 0 Å². The lowest BCUT2D eigenvalue weighted by Crippen LogP contribution is -2.23. The van der Waals surface area contributed by atoms with Crippen LogP contribution in [0, 0.1) is 0 Å². The Morgan fingerprint density at radius 2 is 2.24 bits per heavy atom. The van der Waals surface area contributed by atoms with Gasteiger partial charge < -0.3 is 4.57 Å². The predicted octanol–water partition coefficient (Wildman–Crippen LogP) is 2.03. The minimum Gasteiger partial charge on any atom is -0.334 e. The second kappa shape index (κ2) is 5.93. The summed E-state index contributed by atoms with van der Waals surface area (Å²) in [5.41, 5.74) is 0. The van der Waals surface area contributed by atoms with Crippen LogP contribution in [-0.2, 0) is 19.5 Å². The molecule has 0 aliphatic heterocycles. The highest BCUT2D eigenvalue weighted by Crippen LogP contribution is 2.07. The maximum atomic E-state index is 4.32. The first kappa shape index (κ1) is 12.3. The molecule has 4 nitrogen and oxygen atoms in total. The zero-order chi connectivity index (χ0) is 12.1. The van der Waals surface area contributed by atoms with Gasteiger partial charge in [-0.05, 0) is 7.05 Å². The normalized spacial score (nSPS) is 11.2. The van der Waals surface area contributed by atoms with Crippen LogP contribution in [0.4, 0.5) is 0 Å². The average Bonchev–Trinajstić information content (AvgIpc) is 2.96. The van der Waals surface area contributed by atoms with Gasteiger partial charge in [-0.25, -0.2) is 9.97 Å². The summed E-state index contributed by atoms with van der Waals surface area (Å²) >= 11 is 1.71. The summed E-state index contributed by atoms with van der Waals surface area (Å²) in [7, 11) is 2.13. The van der Waals surface area contributed by atoms with Crippen LogP contribution in [0.15, 0.2) is 24.0 Å². The van der Waals surface area contributed by atoms with E-state index in [-0.39, 0.29) is 0 Å². The van der Waals surface area contributed by atoms with Crippen LogP contribution in [0.5, 0.6) is 0 Å². The van der Waals surface area contributed by atoms with Crippen LogP contribution in [0.2, 0.25) is 0 Å². The van der Waals surface area contributed by atoms with E-state index in [0.717, 1.165) is 31.9 Å². The van der Waals surface area contributed by atoms with Crippen LogP contribution < -0.4 is 0 Å². The second-order valence-corrected chi connectivity index (χ2v) is 5.03. The maximum absolute atomic E-state index is 4.32. The largest absolute Gasteiger partial charge is 0.334 e. The van der Waals surface area contributed by atoms with Gasteiger partial charge >= 0.3 is 0 Å². The van der Waals surface area contributed by atoms with Crippen molar-refractivity contribution >= 4 is 11.3 Å². The molecule has 2 aromatic heterocycles. The van der Waals surface area contributed by atoms with Crippen LogP contribution in [0.25, 0.3) is 0 Å². The highest BCUT2D eigenvalue weighted by Gasteiger charge is 2.04. The lowest BCUT2D eigenvalue weighted by molar-refractivity contribution is 0.309. The smallest absolute Gasteiger partial charge is 0.108 e. The number of rotatable bonds is 6. The monoisotopic (exact) mass is 250 g/mol. The molecule has 5 heteroatoms. The van der Waals surface area contributed by atoms with E-state index in [9.17, 15) is 0 Å². The molecular weight excluding hydrogens is 232 g/mol. The van der Waals surface area contributed by atoms with Crippen molar-refractivity contribution in [2.75, 3.05) is 13.6 Å². The Balaban J connectivity index is 1.82. The molecule has 0 saturated carbocycles. The van der Waals surface area contributed by atoms with Crippen molar-refractivity contribution in [3.05, 3.63) is 34.8 Å². The average molecular weight is 250 g/mol. The molecule has 0 aromatic carbocycles. The number of nitrogens with zero attached hydrogens (tertiary/aromatic N) is 4. The lowest BCUT2D eigenvalue weighted by atomic mass is 10.4. The van der Waals surface area contributed by atoms with Crippen molar-refractivity contribution < 1.29 is 0 Å². The zero-order valence-corrected chi connectivity index (χ0v) is 11.2. The van der Waals surface area contributed by atoms with Crippen LogP contribution in [0.3, 0.4) is 0 Å². The fourth-order valence-corrected chi connectivity index (χ4v) is 2.47. The van der Waals surface area contributed by atoms with Crippen molar-refractivity contribution in [1.82, 2.24) is 19.4 Å². The van der Waals surface area contributed by atoms with Gasteiger partial charge in [-0.1, -0.05) is 6.92 Å². The summed E-state index contributed by atoms with van der Waals surface area (Å²) in [5, 5.41) is 3.20. The summed E-state index contributed by atoms with van der Waals surface area (Å²) in [6.07, 6.45) is 6.78. The van der Waals surface area contributed by atoms with E-state index in [4.69, 9.17) is 0 Å². The predicted molar refractivity (Wildman–Crippen MR) is 70.1 cm³/mol. The number of imidazole rings is 1. The van der Waals surface area contributed by atoms with Gasteiger partial charge in [0.2, 0.25) is 0 Å². The quantitative estimate of drug-likeness (QED) is 0.786. The number of likely N-dealkylation sites (N-methyl/N-ethyl adjacent to an activating group) is 1. The van der Waals surface area contributed by atoms with E-state index in [1.807, 2.05) is 17.8 Å². The third kappa shape index (κ3) is 3.38. The number of hydrogen-bond donors (Lipinski definition) is 0. The molecule has 92 valence electrons. The summed E-state index contributed by atoms with van der Waals surface area (Å²) in [6, 6.07) is 0. The number of aryl methyl sites for hydroxylation is 1. The van der Waals surface area contributed by atoms with Crippen LogP contribution in [-0.4, -0.2) is 33.0 Å². The van der Waals surface area contributed by atoms with Crippen LogP contribution >= 0.6 is 11.3 Å². The molecule has 0 radical (unpaired) electrons. The van der Waals surface area contributed by atoms with Crippen LogP contribution in [0.1, 0.15) is 17.8 Å². The lowest BCUT2D eigenvalue weighted by Gasteiger charge is -2.16. The molecule has 0 amide bonds. The molecule has 0 atom stereocenters. The molecular formula is C12H18N4S. The van der Waals surface area contributed by atoms with Crippen molar-refractivity contribution in [1.29, 1.82) is 0 Å². The Morgan fingerprint density at radius 3 is 2.94 bits per heavy atom. The van der Waals surface area contributed by atoms with Gasteiger partial charge in [0.15, 0.2) is 0 Å². The Hall–Kier alpha value is -1.20. The molecule has 0 N–H and O–H groups in total. The molecule has 17 heavy (non-hydrogen) atoms. The molecule has 2 aromatic rings. The third-order valence-electron chi connectivity index (χ3n) is 2.73. The molecule has 0 aliphatic rings. The molecule has 0 aliphatic carbocycles. The Morgan fingerprint density at radius 1 is 1.35 bits per heavy atom. The van der Waals surface area contributed by atoms with Gasteiger partial charge in [0.1, 0.15) is 10.8 Å². The van der Waals surface area contributed by atoms with Gasteiger partial charge in [0.25, 0.3) is 0 Å². The van der Waals surface area contributed by atoms with Crippen molar-refractivity contribution in [2.24, 2.45) is 0 Å².